The van der Waals surface area contributed by atoms with Crippen LogP contribution in [0.2, 0.25) is 0 Å². The molecule has 2 aromatic rings. The van der Waals surface area contributed by atoms with Crippen molar-refractivity contribution in [1.82, 2.24) is 20.0 Å². The van der Waals surface area contributed by atoms with E-state index in [1.165, 1.54) is 6.07 Å². The molecule has 0 aliphatic carbocycles. The molecule has 0 unspecified atom stereocenters. The number of amides is 1. The molecule has 3 heterocycles. The third-order valence-corrected chi connectivity index (χ3v) is 4.87. The highest BCUT2D eigenvalue weighted by Crippen LogP contribution is 2.33. The van der Waals surface area contributed by atoms with Gasteiger partial charge in [0.15, 0.2) is 5.69 Å². The Morgan fingerprint density at radius 3 is 2.70 bits per heavy atom. The summed E-state index contributed by atoms with van der Waals surface area (Å²) in [6, 6.07) is 3.82. The number of hydrogen-bond acceptors (Lipinski definition) is 3. The molecule has 5 nitrogen and oxygen atoms in total. The molecule has 2 aliphatic rings. The number of rotatable bonds is 1. The maximum absolute atomic E-state index is 12.8. The number of hydrogen-bond donors (Lipinski definition) is 1. The van der Waals surface area contributed by atoms with Crippen LogP contribution in [-0.2, 0) is 6.18 Å². The topological polar surface area (TPSA) is 52.2 Å². The van der Waals surface area contributed by atoms with Crippen LogP contribution in [0.5, 0.6) is 0 Å². The summed E-state index contributed by atoms with van der Waals surface area (Å²) in [5.41, 5.74) is -0.330. The Hall–Kier alpha value is -2.09. The second-order valence-electron chi connectivity index (χ2n) is 6.27. The third kappa shape index (κ3) is 2.20. The lowest BCUT2D eigenvalue weighted by atomic mass is 10.1. The van der Waals surface area contributed by atoms with Gasteiger partial charge in [-0.1, -0.05) is 0 Å². The summed E-state index contributed by atoms with van der Waals surface area (Å²) in [7, 11) is 2.04. The Balaban J connectivity index is 1.66. The molecule has 23 heavy (non-hydrogen) atoms. The molecule has 0 spiro atoms. The highest BCUT2D eigenvalue weighted by atomic mass is 19.4. The number of alkyl halides is 3. The lowest BCUT2D eigenvalue weighted by molar-refractivity contribution is -0.137. The Bertz CT molecular complexity index is 783. The Morgan fingerprint density at radius 2 is 2.09 bits per heavy atom. The molecule has 2 aliphatic heterocycles. The van der Waals surface area contributed by atoms with Gasteiger partial charge in [0.1, 0.15) is 0 Å². The second kappa shape index (κ2) is 4.70. The first-order valence-electron chi connectivity index (χ1n) is 7.41. The van der Waals surface area contributed by atoms with Gasteiger partial charge in [-0.25, -0.2) is 0 Å². The summed E-state index contributed by atoms with van der Waals surface area (Å²) in [5, 5.41) is 6.95. The first kappa shape index (κ1) is 14.5. The molecule has 1 N–H and O–H groups in total. The molecule has 1 amide bonds. The third-order valence-electron chi connectivity index (χ3n) is 4.87. The average Bonchev–Trinajstić information content (AvgIpc) is 3.17. The van der Waals surface area contributed by atoms with Crippen LogP contribution in [0.25, 0.3) is 10.9 Å². The fourth-order valence-electron chi connectivity index (χ4n) is 3.61. The minimum absolute atomic E-state index is 0.165. The number of likely N-dealkylation sites (N-methyl/N-ethyl adjacent to an activating group) is 1. The van der Waals surface area contributed by atoms with Crippen LogP contribution < -0.4 is 0 Å². The summed E-state index contributed by atoms with van der Waals surface area (Å²) in [4.78, 5) is 16.7. The zero-order valence-corrected chi connectivity index (χ0v) is 12.4. The Labute approximate surface area is 130 Å². The second-order valence-corrected chi connectivity index (χ2v) is 6.27. The zero-order valence-electron chi connectivity index (χ0n) is 12.4. The van der Waals surface area contributed by atoms with Crippen molar-refractivity contribution in [2.45, 2.75) is 24.7 Å². The van der Waals surface area contributed by atoms with Crippen LogP contribution >= 0.6 is 0 Å². The van der Waals surface area contributed by atoms with Gasteiger partial charge >= 0.3 is 6.18 Å². The number of aromatic amines is 1. The standard InChI is InChI=1S/C15H15F3N4O/c1-21-6-10-5-9(21)7-22(10)14(23)13-11-3-2-8(15(16,17)18)4-12(11)19-20-13/h2-4,9-10H,5-7H2,1H3,(H,19,20)/t9-,10-/m0/s1. The SMILES string of the molecule is CN1C[C@@H]2C[C@H]1CN2C(=O)c1n[nH]c2cc(C(F)(F)F)ccc12. The van der Waals surface area contributed by atoms with Crippen molar-refractivity contribution in [3.05, 3.63) is 29.5 Å². The highest BCUT2D eigenvalue weighted by molar-refractivity contribution is 6.05. The van der Waals surface area contributed by atoms with Crippen LogP contribution in [0, 0.1) is 0 Å². The maximum Gasteiger partial charge on any atom is 0.416 e. The minimum Gasteiger partial charge on any atom is -0.331 e. The number of H-pyrrole nitrogens is 1. The number of nitrogens with zero attached hydrogens (tertiary/aromatic N) is 3. The van der Waals surface area contributed by atoms with E-state index >= 15 is 0 Å². The number of aromatic nitrogens is 2. The van der Waals surface area contributed by atoms with E-state index in [1.54, 1.807) is 4.90 Å². The van der Waals surface area contributed by atoms with E-state index in [0.717, 1.165) is 25.1 Å². The van der Waals surface area contributed by atoms with Gasteiger partial charge in [0, 0.05) is 30.6 Å². The number of piperazine rings is 1. The van der Waals surface area contributed by atoms with Crippen molar-refractivity contribution >= 4 is 16.8 Å². The Kier molecular flexibility index (Phi) is 2.96. The molecule has 1 aromatic heterocycles. The molecule has 2 atom stereocenters. The van der Waals surface area contributed by atoms with Gasteiger partial charge in [0.25, 0.3) is 5.91 Å². The van der Waals surface area contributed by atoms with Crippen LogP contribution in [0.1, 0.15) is 22.5 Å². The lowest BCUT2D eigenvalue weighted by Crippen LogP contribution is -2.47. The number of likely N-dealkylation sites (tertiary alicyclic amines) is 2. The summed E-state index contributed by atoms with van der Waals surface area (Å²) >= 11 is 0. The van der Waals surface area contributed by atoms with Gasteiger partial charge < -0.3 is 4.90 Å². The quantitative estimate of drug-likeness (QED) is 0.874. The average molecular weight is 324 g/mol. The van der Waals surface area contributed by atoms with Crippen molar-refractivity contribution in [3.8, 4) is 0 Å². The summed E-state index contributed by atoms with van der Waals surface area (Å²) < 4.78 is 38.3. The van der Waals surface area contributed by atoms with Gasteiger partial charge in [-0.3, -0.25) is 14.8 Å². The van der Waals surface area contributed by atoms with E-state index in [2.05, 4.69) is 15.1 Å². The highest BCUT2D eigenvalue weighted by Gasteiger charge is 2.44. The minimum atomic E-state index is -4.41. The molecule has 2 bridgehead atoms. The molecular formula is C15H15F3N4O. The van der Waals surface area contributed by atoms with Crippen LogP contribution in [0.3, 0.4) is 0 Å². The fourth-order valence-corrected chi connectivity index (χ4v) is 3.61. The van der Waals surface area contributed by atoms with Gasteiger partial charge in [0.05, 0.1) is 11.1 Å². The first-order chi connectivity index (χ1) is 10.8. The number of carbonyl (C=O) groups excluding carboxylic acids is 1. The van der Waals surface area contributed by atoms with E-state index < -0.39 is 11.7 Å². The molecule has 2 fully saturated rings. The fraction of sp³-hybridized carbons (Fsp3) is 0.467. The summed E-state index contributed by atoms with van der Waals surface area (Å²) in [6.45, 7) is 1.48. The van der Waals surface area contributed by atoms with E-state index in [0.29, 0.717) is 18.0 Å². The number of nitrogens with one attached hydrogen (secondary N) is 1. The van der Waals surface area contributed by atoms with Crippen molar-refractivity contribution in [1.29, 1.82) is 0 Å². The largest absolute Gasteiger partial charge is 0.416 e. The van der Waals surface area contributed by atoms with Crippen molar-refractivity contribution in [2.75, 3.05) is 20.1 Å². The molecule has 0 radical (unpaired) electrons. The van der Waals surface area contributed by atoms with Crippen LogP contribution in [-0.4, -0.2) is 58.1 Å². The van der Waals surface area contributed by atoms with Crippen molar-refractivity contribution in [3.63, 3.8) is 0 Å². The summed E-state index contributed by atoms with van der Waals surface area (Å²) in [5.74, 6) is -0.211. The van der Waals surface area contributed by atoms with E-state index in [-0.39, 0.29) is 23.2 Å². The van der Waals surface area contributed by atoms with Crippen LogP contribution in [0.4, 0.5) is 13.2 Å². The predicted molar refractivity (Wildman–Crippen MR) is 77.0 cm³/mol. The Morgan fingerprint density at radius 1 is 1.30 bits per heavy atom. The first-order valence-corrected chi connectivity index (χ1v) is 7.41. The van der Waals surface area contributed by atoms with Gasteiger partial charge in [-0.15, -0.1) is 0 Å². The van der Waals surface area contributed by atoms with Crippen molar-refractivity contribution < 1.29 is 18.0 Å². The molecule has 2 saturated heterocycles. The monoisotopic (exact) mass is 324 g/mol. The van der Waals surface area contributed by atoms with E-state index in [4.69, 9.17) is 0 Å². The van der Waals surface area contributed by atoms with Gasteiger partial charge in [-0.2, -0.15) is 18.3 Å². The molecule has 0 saturated carbocycles. The molecule has 1 aromatic carbocycles. The number of halogens is 3. The predicted octanol–water partition coefficient (Wildman–Crippen LogP) is 2.11. The lowest BCUT2D eigenvalue weighted by Gasteiger charge is -2.31. The summed E-state index contributed by atoms with van der Waals surface area (Å²) in [6.07, 6.45) is -3.47. The van der Waals surface area contributed by atoms with E-state index in [9.17, 15) is 18.0 Å². The van der Waals surface area contributed by atoms with Crippen LogP contribution in [0.15, 0.2) is 18.2 Å². The number of carbonyl (C=O) groups is 1. The normalized spacial score (nSPS) is 24.8. The maximum atomic E-state index is 12.8. The van der Waals surface area contributed by atoms with Gasteiger partial charge in [0.2, 0.25) is 0 Å². The zero-order chi connectivity index (χ0) is 16.4. The van der Waals surface area contributed by atoms with Gasteiger partial charge in [-0.05, 0) is 31.7 Å². The number of fused-ring (bicyclic) bond motifs is 3. The molecular weight excluding hydrogens is 309 g/mol. The molecule has 122 valence electrons. The number of benzene rings is 1. The molecule has 8 heteroatoms. The molecule has 4 rings (SSSR count). The van der Waals surface area contributed by atoms with E-state index in [1.807, 2.05) is 7.05 Å². The smallest absolute Gasteiger partial charge is 0.331 e. The van der Waals surface area contributed by atoms with Crippen molar-refractivity contribution in [2.24, 2.45) is 0 Å².